The number of ether oxygens (including phenoxy) is 1. The van der Waals surface area contributed by atoms with E-state index in [4.69, 9.17) is 4.74 Å². The summed E-state index contributed by atoms with van der Waals surface area (Å²) in [6, 6.07) is 6.25. The van der Waals surface area contributed by atoms with Gasteiger partial charge in [-0.25, -0.2) is 0 Å². The van der Waals surface area contributed by atoms with Crippen LogP contribution >= 0.6 is 0 Å². The molecule has 2 aromatic rings. The summed E-state index contributed by atoms with van der Waals surface area (Å²) in [4.78, 5) is 23.0. The quantitative estimate of drug-likeness (QED) is 0.352. The third-order valence-corrected chi connectivity index (χ3v) is 3.54. The Hall–Kier alpha value is -2.97. The Bertz CT molecular complexity index is 708. The van der Waals surface area contributed by atoms with Crippen LogP contribution in [-0.2, 0) is 0 Å². The van der Waals surface area contributed by atoms with Gasteiger partial charge in [0.1, 0.15) is 0 Å². The van der Waals surface area contributed by atoms with E-state index < -0.39 is 4.92 Å². The summed E-state index contributed by atoms with van der Waals surface area (Å²) >= 11 is 0. The molecule has 26 heavy (non-hydrogen) atoms. The first-order valence-corrected chi connectivity index (χ1v) is 8.76. The summed E-state index contributed by atoms with van der Waals surface area (Å²) < 4.78 is 5.39. The number of benzene rings is 1. The van der Waals surface area contributed by atoms with Gasteiger partial charge in [0.15, 0.2) is 0 Å². The van der Waals surface area contributed by atoms with Crippen molar-refractivity contribution < 1.29 is 9.66 Å². The van der Waals surface area contributed by atoms with Crippen LogP contribution in [0.25, 0.3) is 0 Å². The van der Waals surface area contributed by atoms with Crippen molar-refractivity contribution in [1.82, 2.24) is 15.0 Å². The molecule has 2 rings (SSSR count). The number of nitrogens with zero attached hydrogens (tertiary/aromatic N) is 4. The Labute approximate surface area is 152 Å². The number of nitrogens with one attached hydrogen (secondary N) is 2. The lowest BCUT2D eigenvalue weighted by Gasteiger charge is -2.10. The largest absolute Gasteiger partial charge is 0.464 e. The van der Waals surface area contributed by atoms with Crippen molar-refractivity contribution in [2.45, 2.75) is 39.5 Å². The predicted octanol–water partition coefficient (Wildman–Crippen LogP) is 3.91. The first kappa shape index (κ1) is 19.4. The van der Waals surface area contributed by atoms with Gasteiger partial charge in [-0.3, -0.25) is 10.1 Å². The smallest absolute Gasteiger partial charge is 0.323 e. The fourth-order valence-corrected chi connectivity index (χ4v) is 2.23. The summed E-state index contributed by atoms with van der Waals surface area (Å²) in [6.45, 7) is 5.23. The molecule has 0 radical (unpaired) electrons. The van der Waals surface area contributed by atoms with E-state index in [0.717, 1.165) is 19.4 Å². The lowest BCUT2D eigenvalue weighted by Crippen LogP contribution is -2.10. The molecule has 0 fully saturated rings. The highest BCUT2D eigenvalue weighted by atomic mass is 16.6. The third kappa shape index (κ3) is 6.15. The van der Waals surface area contributed by atoms with Gasteiger partial charge in [-0.15, -0.1) is 0 Å². The molecule has 0 saturated heterocycles. The molecule has 0 spiro atoms. The number of unbranched alkanes of at least 4 members (excludes halogenated alkanes) is 3. The van der Waals surface area contributed by atoms with Crippen LogP contribution in [0.5, 0.6) is 6.01 Å². The molecule has 2 N–H and O–H groups in total. The lowest BCUT2D eigenvalue weighted by atomic mass is 10.2. The van der Waals surface area contributed by atoms with Gasteiger partial charge in [0.2, 0.25) is 11.9 Å². The Kier molecular flexibility index (Phi) is 7.53. The van der Waals surface area contributed by atoms with Crippen molar-refractivity contribution in [3.63, 3.8) is 0 Å². The fourth-order valence-electron chi connectivity index (χ4n) is 2.23. The maximum atomic E-state index is 10.7. The van der Waals surface area contributed by atoms with Gasteiger partial charge in [-0.2, -0.15) is 15.0 Å². The van der Waals surface area contributed by atoms with E-state index in [0.29, 0.717) is 24.2 Å². The molecule has 0 amide bonds. The molecule has 0 unspecified atom stereocenters. The number of aromatic nitrogens is 3. The van der Waals surface area contributed by atoms with Crippen molar-refractivity contribution >= 4 is 23.3 Å². The Balaban J connectivity index is 2.06. The molecule has 9 heteroatoms. The molecule has 0 aliphatic heterocycles. The standard InChI is InChI=1S/C17H24N6O3/c1-3-5-6-7-12-18-15-20-16(22-17(21-15)26-4-2)19-13-8-10-14(11-9-13)23(24)25/h8-11H,3-7,12H2,1-2H3,(H2,18,19,20,21,22). The first-order chi connectivity index (χ1) is 12.6. The number of non-ortho nitro benzene ring substituents is 1. The van der Waals surface area contributed by atoms with E-state index >= 15 is 0 Å². The molecule has 1 heterocycles. The topological polar surface area (TPSA) is 115 Å². The monoisotopic (exact) mass is 360 g/mol. The van der Waals surface area contributed by atoms with E-state index in [1.807, 2.05) is 6.92 Å². The average Bonchev–Trinajstić information content (AvgIpc) is 2.62. The van der Waals surface area contributed by atoms with Gasteiger partial charge in [-0.05, 0) is 25.5 Å². The fraction of sp³-hybridized carbons (Fsp3) is 0.471. The van der Waals surface area contributed by atoms with Crippen LogP contribution in [0, 0.1) is 10.1 Å². The van der Waals surface area contributed by atoms with E-state index in [1.165, 1.54) is 25.0 Å². The zero-order chi connectivity index (χ0) is 18.8. The lowest BCUT2D eigenvalue weighted by molar-refractivity contribution is -0.384. The molecule has 0 aliphatic rings. The van der Waals surface area contributed by atoms with Crippen LogP contribution in [0.4, 0.5) is 23.3 Å². The minimum Gasteiger partial charge on any atom is -0.464 e. The second-order valence-electron chi connectivity index (χ2n) is 5.61. The number of rotatable bonds is 11. The van der Waals surface area contributed by atoms with Crippen molar-refractivity contribution in [3.05, 3.63) is 34.4 Å². The highest BCUT2D eigenvalue weighted by molar-refractivity contribution is 5.56. The van der Waals surface area contributed by atoms with Gasteiger partial charge in [0.25, 0.3) is 5.69 Å². The Morgan fingerprint density at radius 2 is 1.77 bits per heavy atom. The van der Waals surface area contributed by atoms with Crippen LogP contribution in [0.2, 0.25) is 0 Å². The molecule has 0 bridgehead atoms. The maximum Gasteiger partial charge on any atom is 0.323 e. The van der Waals surface area contributed by atoms with E-state index in [2.05, 4.69) is 32.5 Å². The highest BCUT2D eigenvalue weighted by Crippen LogP contribution is 2.20. The molecule has 1 aromatic carbocycles. The van der Waals surface area contributed by atoms with Crippen molar-refractivity contribution in [1.29, 1.82) is 0 Å². The number of nitro groups is 1. The van der Waals surface area contributed by atoms with Gasteiger partial charge >= 0.3 is 6.01 Å². The number of hydrogen-bond acceptors (Lipinski definition) is 8. The summed E-state index contributed by atoms with van der Waals surface area (Å²) in [5.74, 6) is 0.748. The molecule has 9 nitrogen and oxygen atoms in total. The summed E-state index contributed by atoms with van der Waals surface area (Å²) in [6.07, 6.45) is 4.58. The van der Waals surface area contributed by atoms with Gasteiger partial charge in [-0.1, -0.05) is 26.2 Å². The summed E-state index contributed by atoms with van der Waals surface area (Å²) in [7, 11) is 0. The zero-order valence-electron chi connectivity index (χ0n) is 15.1. The van der Waals surface area contributed by atoms with Crippen LogP contribution < -0.4 is 15.4 Å². The maximum absolute atomic E-state index is 10.7. The van der Waals surface area contributed by atoms with Crippen molar-refractivity contribution in [2.24, 2.45) is 0 Å². The van der Waals surface area contributed by atoms with Crippen LogP contribution in [0.15, 0.2) is 24.3 Å². The van der Waals surface area contributed by atoms with Crippen LogP contribution in [0.1, 0.15) is 39.5 Å². The predicted molar refractivity (Wildman–Crippen MR) is 100 cm³/mol. The SMILES string of the molecule is CCCCCCNc1nc(Nc2ccc([N+](=O)[O-])cc2)nc(OCC)n1. The van der Waals surface area contributed by atoms with Crippen molar-refractivity contribution in [2.75, 3.05) is 23.8 Å². The Morgan fingerprint density at radius 1 is 1.04 bits per heavy atom. The zero-order valence-corrected chi connectivity index (χ0v) is 15.1. The van der Waals surface area contributed by atoms with E-state index in [-0.39, 0.29) is 11.7 Å². The third-order valence-electron chi connectivity index (χ3n) is 3.54. The summed E-state index contributed by atoms with van der Waals surface area (Å²) in [5, 5.41) is 16.9. The number of anilines is 3. The number of hydrogen-bond donors (Lipinski definition) is 2. The Morgan fingerprint density at radius 3 is 2.42 bits per heavy atom. The van der Waals surface area contributed by atoms with Gasteiger partial charge in [0.05, 0.1) is 11.5 Å². The van der Waals surface area contributed by atoms with Gasteiger partial charge in [0, 0.05) is 24.4 Å². The molecule has 140 valence electrons. The highest BCUT2D eigenvalue weighted by Gasteiger charge is 2.09. The van der Waals surface area contributed by atoms with Gasteiger partial charge < -0.3 is 15.4 Å². The molecule has 1 aromatic heterocycles. The minimum atomic E-state index is -0.444. The first-order valence-electron chi connectivity index (χ1n) is 8.76. The van der Waals surface area contributed by atoms with Crippen LogP contribution in [0.3, 0.4) is 0 Å². The van der Waals surface area contributed by atoms with Crippen LogP contribution in [-0.4, -0.2) is 33.0 Å². The minimum absolute atomic E-state index is 0.0237. The molecular formula is C17H24N6O3. The molecule has 0 atom stereocenters. The van der Waals surface area contributed by atoms with E-state index in [1.54, 1.807) is 12.1 Å². The second kappa shape index (κ2) is 10.1. The van der Waals surface area contributed by atoms with Crippen molar-refractivity contribution in [3.8, 4) is 6.01 Å². The molecule has 0 saturated carbocycles. The summed E-state index contributed by atoms with van der Waals surface area (Å²) in [5.41, 5.74) is 0.661. The van der Waals surface area contributed by atoms with E-state index in [9.17, 15) is 10.1 Å². The average molecular weight is 360 g/mol. The second-order valence-corrected chi connectivity index (χ2v) is 5.61. The normalized spacial score (nSPS) is 10.4. The molecular weight excluding hydrogens is 336 g/mol. The number of nitro benzene ring substituents is 1. The molecule has 0 aliphatic carbocycles.